The van der Waals surface area contributed by atoms with Crippen LogP contribution in [0.3, 0.4) is 0 Å². The number of sulfonamides is 1. The van der Waals surface area contributed by atoms with Crippen molar-refractivity contribution in [3.05, 3.63) is 52.2 Å². The molecule has 6 nitrogen and oxygen atoms in total. The average molecular weight is 368 g/mol. The number of hydrogen-bond donors (Lipinski definition) is 2. The maximum atomic E-state index is 12.2. The molecular formula is C16H20N2O4S2. The Bertz CT molecular complexity index is 756. The van der Waals surface area contributed by atoms with Crippen molar-refractivity contribution < 1.29 is 17.9 Å². The lowest BCUT2D eigenvalue weighted by Gasteiger charge is -2.12. The Balaban J connectivity index is 2.02. The van der Waals surface area contributed by atoms with E-state index in [1.165, 1.54) is 31.4 Å². The molecule has 0 aliphatic rings. The molecular weight excluding hydrogens is 348 g/mol. The number of rotatable bonds is 8. The first kappa shape index (κ1) is 18.6. The van der Waals surface area contributed by atoms with E-state index in [1.54, 1.807) is 11.3 Å². The summed E-state index contributed by atoms with van der Waals surface area (Å²) in [6.45, 7) is 2.39. The number of carbonyl (C=O) groups is 1. The van der Waals surface area contributed by atoms with Crippen molar-refractivity contribution in [2.24, 2.45) is 0 Å². The van der Waals surface area contributed by atoms with Gasteiger partial charge in [-0.15, -0.1) is 11.3 Å². The molecule has 0 unspecified atom stereocenters. The van der Waals surface area contributed by atoms with Crippen molar-refractivity contribution in [3.8, 4) is 0 Å². The lowest BCUT2D eigenvalue weighted by Crippen LogP contribution is -2.28. The second-order valence-electron chi connectivity index (χ2n) is 5.13. The van der Waals surface area contributed by atoms with Gasteiger partial charge in [0.15, 0.2) is 0 Å². The van der Waals surface area contributed by atoms with Crippen LogP contribution >= 0.6 is 11.3 Å². The fraction of sp³-hybridized carbons (Fsp3) is 0.312. The van der Waals surface area contributed by atoms with Gasteiger partial charge in [-0.05, 0) is 42.6 Å². The van der Waals surface area contributed by atoms with Crippen molar-refractivity contribution in [1.82, 2.24) is 10.0 Å². The number of benzene rings is 1. The van der Waals surface area contributed by atoms with Gasteiger partial charge in [-0.1, -0.05) is 6.07 Å². The minimum absolute atomic E-state index is 0.100. The summed E-state index contributed by atoms with van der Waals surface area (Å²) in [5, 5.41) is 4.84. The molecule has 0 saturated heterocycles. The quantitative estimate of drug-likeness (QED) is 0.700. The Morgan fingerprint density at radius 1 is 1.25 bits per heavy atom. The molecule has 130 valence electrons. The molecule has 2 rings (SSSR count). The second kappa shape index (κ2) is 8.39. The molecule has 1 atom stereocenters. The Labute approximate surface area is 145 Å². The zero-order valence-electron chi connectivity index (χ0n) is 13.5. The third kappa shape index (κ3) is 4.88. The summed E-state index contributed by atoms with van der Waals surface area (Å²) in [5.74, 6) is -0.243. The zero-order chi connectivity index (χ0) is 17.6. The van der Waals surface area contributed by atoms with E-state index in [2.05, 4.69) is 10.0 Å². The molecule has 1 heterocycles. The third-order valence-electron chi connectivity index (χ3n) is 3.34. The highest BCUT2D eigenvalue weighted by atomic mass is 32.2. The van der Waals surface area contributed by atoms with Crippen LogP contribution < -0.4 is 10.0 Å². The van der Waals surface area contributed by atoms with Crippen LogP contribution in [0.5, 0.6) is 0 Å². The van der Waals surface area contributed by atoms with E-state index in [-0.39, 0.29) is 23.4 Å². The molecule has 1 aromatic heterocycles. The van der Waals surface area contributed by atoms with Gasteiger partial charge in [0.25, 0.3) is 5.91 Å². The summed E-state index contributed by atoms with van der Waals surface area (Å²) in [6, 6.07) is 9.62. The fourth-order valence-electron chi connectivity index (χ4n) is 2.04. The van der Waals surface area contributed by atoms with Gasteiger partial charge in [0.2, 0.25) is 10.0 Å². The number of carbonyl (C=O) groups excluding carboxylic acids is 1. The van der Waals surface area contributed by atoms with Crippen LogP contribution in [0.1, 0.15) is 28.2 Å². The van der Waals surface area contributed by atoms with E-state index in [1.807, 2.05) is 24.4 Å². The van der Waals surface area contributed by atoms with Gasteiger partial charge in [0.05, 0.1) is 17.5 Å². The van der Waals surface area contributed by atoms with Crippen LogP contribution in [0.4, 0.5) is 0 Å². The number of amides is 1. The molecule has 2 N–H and O–H groups in total. The molecule has 8 heteroatoms. The molecule has 0 aliphatic heterocycles. The summed E-state index contributed by atoms with van der Waals surface area (Å²) >= 11 is 1.57. The molecule has 0 bridgehead atoms. The van der Waals surface area contributed by atoms with Gasteiger partial charge in [-0.2, -0.15) is 0 Å². The Morgan fingerprint density at radius 3 is 2.54 bits per heavy atom. The predicted molar refractivity (Wildman–Crippen MR) is 93.7 cm³/mol. The highest BCUT2D eigenvalue weighted by molar-refractivity contribution is 7.89. The molecule has 0 fully saturated rings. The highest BCUT2D eigenvalue weighted by Gasteiger charge is 2.16. The van der Waals surface area contributed by atoms with Crippen LogP contribution in [0.15, 0.2) is 46.7 Å². The van der Waals surface area contributed by atoms with Crippen LogP contribution in [-0.2, 0) is 14.8 Å². The van der Waals surface area contributed by atoms with E-state index in [0.717, 1.165) is 4.88 Å². The van der Waals surface area contributed by atoms with Gasteiger partial charge in [0, 0.05) is 24.1 Å². The summed E-state index contributed by atoms with van der Waals surface area (Å²) in [4.78, 5) is 13.4. The van der Waals surface area contributed by atoms with Crippen LogP contribution in [0, 0.1) is 0 Å². The van der Waals surface area contributed by atoms with Crippen LogP contribution in [0.2, 0.25) is 0 Å². The SMILES string of the molecule is COCCNS(=O)(=O)c1ccc(C(=O)N[C@H](C)c2cccs2)cc1. The van der Waals surface area contributed by atoms with Gasteiger partial charge in [-0.3, -0.25) is 4.79 Å². The van der Waals surface area contributed by atoms with Gasteiger partial charge < -0.3 is 10.1 Å². The maximum Gasteiger partial charge on any atom is 0.251 e. The molecule has 0 radical (unpaired) electrons. The maximum absolute atomic E-state index is 12.2. The van der Waals surface area contributed by atoms with E-state index < -0.39 is 10.0 Å². The summed E-state index contributed by atoms with van der Waals surface area (Å²) < 4.78 is 31.3. The van der Waals surface area contributed by atoms with Gasteiger partial charge in [-0.25, -0.2) is 13.1 Å². The summed E-state index contributed by atoms with van der Waals surface area (Å²) in [6.07, 6.45) is 0. The van der Waals surface area contributed by atoms with E-state index in [9.17, 15) is 13.2 Å². The first-order valence-electron chi connectivity index (χ1n) is 7.37. The Hall–Kier alpha value is -1.74. The van der Waals surface area contributed by atoms with Crippen LogP contribution in [0.25, 0.3) is 0 Å². The lowest BCUT2D eigenvalue weighted by molar-refractivity contribution is 0.0940. The molecule has 0 spiro atoms. The molecule has 1 amide bonds. The van der Waals surface area contributed by atoms with E-state index in [4.69, 9.17) is 4.74 Å². The van der Waals surface area contributed by atoms with Crippen molar-refractivity contribution in [2.75, 3.05) is 20.3 Å². The monoisotopic (exact) mass is 368 g/mol. The smallest absolute Gasteiger partial charge is 0.251 e. The van der Waals surface area contributed by atoms with Gasteiger partial charge >= 0.3 is 0 Å². The normalized spacial score (nSPS) is 12.8. The van der Waals surface area contributed by atoms with Gasteiger partial charge in [0.1, 0.15) is 0 Å². The van der Waals surface area contributed by atoms with Crippen LogP contribution in [-0.4, -0.2) is 34.6 Å². The molecule has 24 heavy (non-hydrogen) atoms. The van der Waals surface area contributed by atoms with Crippen molar-refractivity contribution in [2.45, 2.75) is 17.9 Å². The summed E-state index contributed by atoms with van der Waals surface area (Å²) in [5.41, 5.74) is 0.411. The zero-order valence-corrected chi connectivity index (χ0v) is 15.1. The number of thiophene rings is 1. The lowest BCUT2D eigenvalue weighted by atomic mass is 10.2. The second-order valence-corrected chi connectivity index (χ2v) is 7.87. The first-order chi connectivity index (χ1) is 11.4. The van der Waals surface area contributed by atoms with Crippen molar-refractivity contribution >= 4 is 27.3 Å². The molecule has 1 aromatic carbocycles. The minimum Gasteiger partial charge on any atom is -0.383 e. The number of methoxy groups -OCH3 is 1. The Kier molecular flexibility index (Phi) is 6.50. The van der Waals surface area contributed by atoms with E-state index in [0.29, 0.717) is 12.2 Å². The summed E-state index contributed by atoms with van der Waals surface area (Å²) in [7, 11) is -2.09. The van der Waals surface area contributed by atoms with E-state index >= 15 is 0 Å². The fourth-order valence-corrected chi connectivity index (χ4v) is 3.78. The number of hydrogen-bond acceptors (Lipinski definition) is 5. The largest absolute Gasteiger partial charge is 0.383 e. The first-order valence-corrected chi connectivity index (χ1v) is 9.73. The third-order valence-corrected chi connectivity index (χ3v) is 5.87. The number of ether oxygens (including phenoxy) is 1. The molecule has 0 saturated carbocycles. The topological polar surface area (TPSA) is 84.5 Å². The van der Waals surface area contributed by atoms with Crippen molar-refractivity contribution in [3.63, 3.8) is 0 Å². The predicted octanol–water partition coefficient (Wildman–Crippen LogP) is 2.16. The average Bonchev–Trinajstić information content (AvgIpc) is 3.09. The number of nitrogens with one attached hydrogen (secondary N) is 2. The molecule has 0 aliphatic carbocycles. The molecule has 2 aromatic rings. The van der Waals surface area contributed by atoms with Crippen molar-refractivity contribution in [1.29, 1.82) is 0 Å². The Morgan fingerprint density at radius 2 is 1.96 bits per heavy atom. The standard InChI is InChI=1S/C16H20N2O4S2/c1-12(15-4-3-11-23-15)18-16(19)13-5-7-14(8-6-13)24(20,21)17-9-10-22-2/h3-8,11-12,17H,9-10H2,1-2H3,(H,18,19)/t12-/m1/s1. The highest BCUT2D eigenvalue weighted by Crippen LogP contribution is 2.19. The minimum atomic E-state index is -3.59.